The Hall–Kier alpha value is -1.03. The summed E-state index contributed by atoms with van der Waals surface area (Å²) in [5, 5.41) is 8.40. The Morgan fingerprint density at radius 3 is 2.67 bits per heavy atom. The van der Waals surface area contributed by atoms with Crippen molar-refractivity contribution in [2.24, 2.45) is 0 Å². The van der Waals surface area contributed by atoms with Crippen molar-refractivity contribution in [3.63, 3.8) is 0 Å². The number of nitrogens with one attached hydrogen (secondary N) is 1. The normalized spacial score (nSPS) is 10.9. The van der Waals surface area contributed by atoms with E-state index in [0.29, 0.717) is 23.1 Å². The second kappa shape index (κ2) is 5.74. The molecule has 0 unspecified atom stereocenters. The molecule has 1 N–H and O–H groups in total. The van der Waals surface area contributed by atoms with E-state index in [1.807, 2.05) is 26.0 Å². The van der Waals surface area contributed by atoms with Crippen LogP contribution in [-0.4, -0.2) is 5.16 Å². The van der Waals surface area contributed by atoms with Crippen LogP contribution in [0, 0.1) is 13.8 Å². The third kappa shape index (κ3) is 2.86. The van der Waals surface area contributed by atoms with Crippen molar-refractivity contribution in [2.75, 3.05) is 0 Å². The van der Waals surface area contributed by atoms with Gasteiger partial charge in [-0.15, -0.1) is 0 Å². The highest BCUT2D eigenvalue weighted by molar-refractivity contribution is 6.42. The van der Waals surface area contributed by atoms with Crippen LogP contribution in [0.1, 0.15) is 22.6 Å². The molecule has 1 aromatic carbocycles. The molecule has 0 radical (unpaired) electrons. The third-order valence-electron chi connectivity index (χ3n) is 2.83. The molecule has 18 heavy (non-hydrogen) atoms. The number of hydrogen-bond acceptors (Lipinski definition) is 3. The van der Waals surface area contributed by atoms with E-state index in [4.69, 9.17) is 27.7 Å². The lowest BCUT2D eigenvalue weighted by molar-refractivity contribution is 0.392. The summed E-state index contributed by atoms with van der Waals surface area (Å²) in [5.41, 5.74) is 2.99. The van der Waals surface area contributed by atoms with Crippen molar-refractivity contribution in [2.45, 2.75) is 26.9 Å². The second-order valence-electron chi connectivity index (χ2n) is 4.12. The predicted molar refractivity (Wildman–Crippen MR) is 73.0 cm³/mol. The van der Waals surface area contributed by atoms with Crippen molar-refractivity contribution in [1.29, 1.82) is 0 Å². The van der Waals surface area contributed by atoms with Crippen molar-refractivity contribution < 1.29 is 4.52 Å². The van der Waals surface area contributed by atoms with Crippen LogP contribution in [0.4, 0.5) is 0 Å². The first-order valence-corrected chi connectivity index (χ1v) is 6.40. The number of hydrogen-bond donors (Lipinski definition) is 1. The largest absolute Gasteiger partial charge is 0.361 e. The van der Waals surface area contributed by atoms with Crippen LogP contribution in [0.15, 0.2) is 22.7 Å². The molecule has 1 aromatic heterocycles. The Labute approximate surface area is 116 Å². The average molecular weight is 285 g/mol. The number of aryl methyl sites for hydroxylation is 2. The zero-order valence-electron chi connectivity index (χ0n) is 10.3. The molecule has 0 spiro atoms. The van der Waals surface area contributed by atoms with E-state index >= 15 is 0 Å². The van der Waals surface area contributed by atoms with Gasteiger partial charge < -0.3 is 9.84 Å². The van der Waals surface area contributed by atoms with Crippen LogP contribution in [0.2, 0.25) is 10.0 Å². The van der Waals surface area contributed by atoms with E-state index in [1.165, 1.54) is 0 Å². The minimum atomic E-state index is 0.577. The Balaban J connectivity index is 1.99. The molecule has 0 saturated carbocycles. The molecule has 5 heteroatoms. The minimum absolute atomic E-state index is 0.577. The minimum Gasteiger partial charge on any atom is -0.361 e. The maximum Gasteiger partial charge on any atom is 0.138 e. The first-order valence-electron chi connectivity index (χ1n) is 5.65. The number of rotatable bonds is 4. The molecule has 0 amide bonds. The standard InChI is InChI=1S/C13H14Cl2N2O/c1-8-11(9(2)18-17-8)7-16-6-10-4-3-5-12(14)13(10)15/h3-5,16H,6-7H2,1-2H3. The first kappa shape index (κ1) is 13.4. The average Bonchev–Trinajstić information content (AvgIpc) is 2.66. The summed E-state index contributed by atoms with van der Waals surface area (Å²) in [6.45, 7) is 5.19. The lowest BCUT2D eigenvalue weighted by Crippen LogP contribution is -2.14. The molecule has 3 nitrogen and oxygen atoms in total. The van der Waals surface area contributed by atoms with Gasteiger partial charge >= 0.3 is 0 Å². The van der Waals surface area contributed by atoms with Gasteiger partial charge in [0.15, 0.2) is 0 Å². The molecule has 0 atom stereocenters. The van der Waals surface area contributed by atoms with Gasteiger partial charge in [0.05, 0.1) is 15.7 Å². The van der Waals surface area contributed by atoms with E-state index in [-0.39, 0.29) is 0 Å². The highest BCUT2D eigenvalue weighted by Gasteiger charge is 2.09. The third-order valence-corrected chi connectivity index (χ3v) is 3.69. The van der Waals surface area contributed by atoms with Gasteiger partial charge in [0.25, 0.3) is 0 Å². The molecule has 2 rings (SSSR count). The summed E-state index contributed by atoms with van der Waals surface area (Å²) < 4.78 is 5.10. The van der Waals surface area contributed by atoms with Crippen LogP contribution in [-0.2, 0) is 13.1 Å². The zero-order valence-corrected chi connectivity index (χ0v) is 11.8. The van der Waals surface area contributed by atoms with Gasteiger partial charge in [0, 0.05) is 18.7 Å². The summed E-state index contributed by atoms with van der Waals surface area (Å²) in [7, 11) is 0. The predicted octanol–water partition coefficient (Wildman–Crippen LogP) is 3.89. The number of nitrogens with zero attached hydrogens (tertiary/aromatic N) is 1. The van der Waals surface area contributed by atoms with Crippen molar-refractivity contribution >= 4 is 23.2 Å². The summed E-state index contributed by atoms with van der Waals surface area (Å²) in [5.74, 6) is 0.845. The molecule has 0 saturated heterocycles. The zero-order chi connectivity index (χ0) is 13.1. The summed E-state index contributed by atoms with van der Waals surface area (Å²) in [4.78, 5) is 0. The van der Waals surface area contributed by atoms with Crippen LogP contribution in [0.25, 0.3) is 0 Å². The van der Waals surface area contributed by atoms with Crippen LogP contribution in [0.5, 0.6) is 0 Å². The molecule has 1 heterocycles. The molecule has 0 aliphatic heterocycles. The molecule has 2 aromatic rings. The van der Waals surface area contributed by atoms with Gasteiger partial charge in [-0.25, -0.2) is 0 Å². The molecule has 0 fully saturated rings. The maximum absolute atomic E-state index is 6.11. The maximum atomic E-state index is 6.11. The van der Waals surface area contributed by atoms with Crippen LogP contribution < -0.4 is 5.32 Å². The molecular formula is C13H14Cl2N2O. The number of halogens is 2. The van der Waals surface area contributed by atoms with E-state index < -0.39 is 0 Å². The second-order valence-corrected chi connectivity index (χ2v) is 4.90. The lowest BCUT2D eigenvalue weighted by atomic mass is 10.2. The quantitative estimate of drug-likeness (QED) is 0.926. The SMILES string of the molecule is Cc1noc(C)c1CNCc1cccc(Cl)c1Cl. The van der Waals surface area contributed by atoms with Gasteiger partial charge in [-0.1, -0.05) is 40.5 Å². The van der Waals surface area contributed by atoms with Gasteiger partial charge in [-0.05, 0) is 25.5 Å². The van der Waals surface area contributed by atoms with Gasteiger partial charge in [-0.2, -0.15) is 0 Å². The van der Waals surface area contributed by atoms with Gasteiger partial charge in [0.1, 0.15) is 5.76 Å². The van der Waals surface area contributed by atoms with Gasteiger partial charge in [-0.3, -0.25) is 0 Å². The van der Waals surface area contributed by atoms with E-state index in [2.05, 4.69) is 10.5 Å². The Bertz CT molecular complexity index is 532. The summed E-state index contributed by atoms with van der Waals surface area (Å²) >= 11 is 12.1. The van der Waals surface area contributed by atoms with Gasteiger partial charge in [0.2, 0.25) is 0 Å². The highest BCUT2D eigenvalue weighted by atomic mass is 35.5. The van der Waals surface area contributed by atoms with E-state index in [0.717, 1.165) is 22.6 Å². The van der Waals surface area contributed by atoms with E-state index in [1.54, 1.807) is 6.07 Å². The fraction of sp³-hybridized carbons (Fsp3) is 0.308. The first-order chi connectivity index (χ1) is 8.59. The van der Waals surface area contributed by atoms with Crippen LogP contribution >= 0.6 is 23.2 Å². The Morgan fingerprint density at radius 1 is 1.22 bits per heavy atom. The topological polar surface area (TPSA) is 38.1 Å². The smallest absolute Gasteiger partial charge is 0.138 e. The number of benzene rings is 1. The highest BCUT2D eigenvalue weighted by Crippen LogP contribution is 2.25. The van der Waals surface area contributed by atoms with E-state index in [9.17, 15) is 0 Å². The van der Waals surface area contributed by atoms with Crippen molar-refractivity contribution in [3.8, 4) is 0 Å². The Morgan fingerprint density at radius 2 is 2.00 bits per heavy atom. The molecule has 0 aliphatic rings. The monoisotopic (exact) mass is 284 g/mol. The van der Waals surface area contributed by atoms with Crippen LogP contribution in [0.3, 0.4) is 0 Å². The summed E-state index contributed by atoms with van der Waals surface area (Å²) in [6, 6.07) is 5.62. The van der Waals surface area contributed by atoms with Crippen molar-refractivity contribution in [3.05, 3.63) is 50.8 Å². The molecular weight excluding hydrogens is 271 g/mol. The fourth-order valence-electron chi connectivity index (χ4n) is 1.76. The molecule has 96 valence electrons. The Kier molecular flexibility index (Phi) is 4.27. The molecule has 0 aliphatic carbocycles. The number of aromatic nitrogens is 1. The fourth-order valence-corrected chi connectivity index (χ4v) is 2.15. The summed E-state index contributed by atoms with van der Waals surface area (Å²) in [6.07, 6.45) is 0. The van der Waals surface area contributed by atoms with Crippen molar-refractivity contribution in [1.82, 2.24) is 10.5 Å². The lowest BCUT2D eigenvalue weighted by Gasteiger charge is -2.07. The molecule has 0 bridgehead atoms.